The van der Waals surface area contributed by atoms with Gasteiger partial charge in [0.15, 0.2) is 5.75 Å². The number of nitro benzene ring substituents is 1. The fraction of sp³-hybridized carbons (Fsp3) is 0.0833. The summed E-state index contributed by atoms with van der Waals surface area (Å²) in [5.41, 5.74) is 0.168. The minimum atomic E-state index is -0.531. The van der Waals surface area contributed by atoms with Crippen LogP contribution in [0.5, 0.6) is 5.75 Å². The summed E-state index contributed by atoms with van der Waals surface area (Å²) in [5.74, 6) is 0.119. The zero-order valence-corrected chi connectivity index (χ0v) is 9.57. The van der Waals surface area contributed by atoms with E-state index in [1.54, 1.807) is 18.3 Å². The van der Waals surface area contributed by atoms with Crippen LogP contribution in [0.1, 0.15) is 0 Å². The van der Waals surface area contributed by atoms with Crippen molar-refractivity contribution < 1.29 is 9.66 Å². The van der Waals surface area contributed by atoms with Gasteiger partial charge in [0.1, 0.15) is 0 Å². The number of hydrogen-bond acceptors (Lipinski definition) is 4. The first-order valence-corrected chi connectivity index (χ1v) is 5.14. The predicted octanol–water partition coefficient (Wildman–Crippen LogP) is 1.75. The minimum Gasteiger partial charge on any atom is -0.490 e. The van der Waals surface area contributed by atoms with Crippen molar-refractivity contribution >= 4 is 5.69 Å². The summed E-state index contributed by atoms with van der Waals surface area (Å²) in [6, 6.07) is 9.01. The number of pyridine rings is 1. The Hall–Kier alpha value is -2.63. The third-order valence-corrected chi connectivity index (χ3v) is 2.46. The molecular formula is C12H10N2O4. The molecule has 6 heteroatoms. The van der Waals surface area contributed by atoms with Crippen molar-refractivity contribution in [3.63, 3.8) is 0 Å². The SMILES string of the molecule is COc1cc(-n2ccccc2=O)ccc1[N+](=O)[O-]. The highest BCUT2D eigenvalue weighted by Gasteiger charge is 2.15. The maximum absolute atomic E-state index is 11.6. The van der Waals surface area contributed by atoms with E-state index in [1.807, 2.05) is 0 Å². The van der Waals surface area contributed by atoms with E-state index >= 15 is 0 Å². The van der Waals surface area contributed by atoms with E-state index in [9.17, 15) is 14.9 Å². The number of hydrogen-bond donors (Lipinski definition) is 0. The first-order valence-electron chi connectivity index (χ1n) is 5.14. The van der Waals surface area contributed by atoms with Gasteiger partial charge in [-0.3, -0.25) is 19.5 Å². The van der Waals surface area contributed by atoms with Gasteiger partial charge in [0.2, 0.25) is 0 Å². The summed E-state index contributed by atoms with van der Waals surface area (Å²) in [5, 5.41) is 10.8. The summed E-state index contributed by atoms with van der Waals surface area (Å²) in [7, 11) is 1.35. The van der Waals surface area contributed by atoms with Gasteiger partial charge in [-0.1, -0.05) is 6.07 Å². The Kier molecular flexibility index (Phi) is 3.09. The van der Waals surface area contributed by atoms with Crippen LogP contribution in [0.3, 0.4) is 0 Å². The van der Waals surface area contributed by atoms with Crippen LogP contribution in [0.4, 0.5) is 5.69 Å². The lowest BCUT2D eigenvalue weighted by Gasteiger charge is -2.07. The van der Waals surface area contributed by atoms with E-state index in [2.05, 4.69) is 0 Å². The van der Waals surface area contributed by atoms with Crippen LogP contribution in [-0.2, 0) is 0 Å². The molecular weight excluding hydrogens is 236 g/mol. The zero-order chi connectivity index (χ0) is 13.1. The second kappa shape index (κ2) is 4.70. The lowest BCUT2D eigenvalue weighted by Crippen LogP contribution is -2.15. The molecule has 18 heavy (non-hydrogen) atoms. The number of nitro groups is 1. The third-order valence-electron chi connectivity index (χ3n) is 2.46. The molecule has 2 rings (SSSR count). The lowest BCUT2D eigenvalue weighted by molar-refractivity contribution is -0.385. The first-order chi connectivity index (χ1) is 8.63. The molecule has 0 aliphatic carbocycles. The van der Waals surface area contributed by atoms with Gasteiger partial charge >= 0.3 is 5.69 Å². The third kappa shape index (κ3) is 2.08. The van der Waals surface area contributed by atoms with Crippen LogP contribution in [0.25, 0.3) is 5.69 Å². The van der Waals surface area contributed by atoms with Crippen LogP contribution in [0.15, 0.2) is 47.4 Å². The van der Waals surface area contributed by atoms with Crippen molar-refractivity contribution in [1.29, 1.82) is 0 Å². The Labute approximate surface area is 102 Å². The number of methoxy groups -OCH3 is 1. The molecule has 1 aromatic heterocycles. The maximum Gasteiger partial charge on any atom is 0.311 e. The largest absolute Gasteiger partial charge is 0.490 e. The monoisotopic (exact) mass is 246 g/mol. The Morgan fingerprint density at radius 3 is 2.67 bits per heavy atom. The summed E-state index contributed by atoms with van der Waals surface area (Å²) in [6.45, 7) is 0. The fourth-order valence-electron chi connectivity index (χ4n) is 1.61. The van der Waals surface area contributed by atoms with E-state index in [0.717, 1.165) is 0 Å². The van der Waals surface area contributed by atoms with Crippen molar-refractivity contribution in [2.24, 2.45) is 0 Å². The lowest BCUT2D eigenvalue weighted by atomic mass is 10.2. The smallest absolute Gasteiger partial charge is 0.311 e. The summed E-state index contributed by atoms with van der Waals surface area (Å²) in [4.78, 5) is 21.8. The van der Waals surface area contributed by atoms with Crippen molar-refractivity contribution in [3.8, 4) is 11.4 Å². The Morgan fingerprint density at radius 1 is 1.28 bits per heavy atom. The van der Waals surface area contributed by atoms with Gasteiger partial charge in [-0.2, -0.15) is 0 Å². The second-order valence-corrected chi connectivity index (χ2v) is 3.52. The number of benzene rings is 1. The van der Waals surface area contributed by atoms with Gasteiger partial charge < -0.3 is 4.74 Å². The van der Waals surface area contributed by atoms with Crippen molar-refractivity contribution in [2.45, 2.75) is 0 Å². The maximum atomic E-state index is 11.6. The first kappa shape index (κ1) is 11.8. The van der Waals surface area contributed by atoms with E-state index < -0.39 is 4.92 Å². The topological polar surface area (TPSA) is 74.4 Å². The molecule has 0 saturated heterocycles. The van der Waals surface area contributed by atoms with Gasteiger partial charge in [-0.25, -0.2) is 0 Å². The Balaban J connectivity index is 2.58. The van der Waals surface area contributed by atoms with Crippen LogP contribution in [-0.4, -0.2) is 16.6 Å². The summed E-state index contributed by atoms with van der Waals surface area (Å²) in [6.07, 6.45) is 1.59. The van der Waals surface area contributed by atoms with Gasteiger partial charge in [0, 0.05) is 24.4 Å². The normalized spacial score (nSPS) is 10.1. The van der Waals surface area contributed by atoms with Gasteiger partial charge in [0.05, 0.1) is 17.7 Å². The highest BCUT2D eigenvalue weighted by atomic mass is 16.6. The molecule has 92 valence electrons. The van der Waals surface area contributed by atoms with Crippen molar-refractivity contribution in [3.05, 3.63) is 63.1 Å². The molecule has 0 saturated carbocycles. The van der Waals surface area contributed by atoms with Crippen molar-refractivity contribution in [1.82, 2.24) is 4.57 Å². The highest BCUT2D eigenvalue weighted by molar-refractivity contribution is 5.53. The molecule has 0 amide bonds. The van der Waals surface area contributed by atoms with Crippen LogP contribution in [0, 0.1) is 10.1 Å². The van der Waals surface area contributed by atoms with Gasteiger partial charge in [0.25, 0.3) is 5.56 Å². The van der Waals surface area contributed by atoms with E-state index in [1.165, 1.54) is 35.9 Å². The van der Waals surface area contributed by atoms with Gasteiger partial charge in [-0.15, -0.1) is 0 Å². The molecule has 6 nitrogen and oxygen atoms in total. The fourth-order valence-corrected chi connectivity index (χ4v) is 1.61. The minimum absolute atomic E-state index is 0.119. The Morgan fingerprint density at radius 2 is 2.06 bits per heavy atom. The molecule has 1 heterocycles. The van der Waals surface area contributed by atoms with Crippen LogP contribution < -0.4 is 10.3 Å². The molecule has 0 bridgehead atoms. The number of rotatable bonds is 3. The predicted molar refractivity (Wildman–Crippen MR) is 65.2 cm³/mol. The average Bonchev–Trinajstić information content (AvgIpc) is 2.38. The molecule has 0 aliphatic heterocycles. The van der Waals surface area contributed by atoms with Gasteiger partial charge in [-0.05, 0) is 12.1 Å². The standard InChI is InChI=1S/C12H10N2O4/c1-18-11-8-9(5-6-10(11)14(16)17)13-7-3-2-4-12(13)15/h2-8H,1H3. The number of nitrogens with zero attached hydrogens (tertiary/aromatic N) is 2. The molecule has 0 aliphatic rings. The molecule has 0 atom stereocenters. The average molecular weight is 246 g/mol. The number of ether oxygens (including phenoxy) is 1. The Bertz CT molecular complexity index is 649. The second-order valence-electron chi connectivity index (χ2n) is 3.52. The van der Waals surface area contributed by atoms with E-state index in [0.29, 0.717) is 5.69 Å². The van der Waals surface area contributed by atoms with Crippen molar-refractivity contribution in [2.75, 3.05) is 7.11 Å². The molecule has 2 aromatic rings. The highest BCUT2D eigenvalue weighted by Crippen LogP contribution is 2.28. The molecule has 0 N–H and O–H groups in total. The van der Waals surface area contributed by atoms with Crippen LogP contribution in [0.2, 0.25) is 0 Å². The molecule has 0 fully saturated rings. The summed E-state index contributed by atoms with van der Waals surface area (Å²) >= 11 is 0. The molecule has 0 unspecified atom stereocenters. The molecule has 0 spiro atoms. The van der Waals surface area contributed by atoms with E-state index in [-0.39, 0.29) is 17.0 Å². The summed E-state index contributed by atoms with van der Waals surface area (Å²) < 4.78 is 6.33. The quantitative estimate of drug-likeness (QED) is 0.610. The van der Waals surface area contributed by atoms with E-state index in [4.69, 9.17) is 4.74 Å². The molecule has 1 aromatic carbocycles. The zero-order valence-electron chi connectivity index (χ0n) is 9.57. The van der Waals surface area contributed by atoms with Crippen LogP contribution >= 0.6 is 0 Å². The number of aromatic nitrogens is 1. The molecule has 0 radical (unpaired) electrons.